The molecule has 0 saturated heterocycles. The second-order valence-corrected chi connectivity index (χ2v) is 3.68. The van der Waals surface area contributed by atoms with Crippen LogP contribution in [0.4, 0.5) is 0 Å². The molecule has 0 fully saturated rings. The van der Waals surface area contributed by atoms with Crippen molar-refractivity contribution in [1.29, 1.82) is 0 Å². The first-order chi connectivity index (χ1) is 6.77. The van der Waals surface area contributed by atoms with Gasteiger partial charge in [0, 0.05) is 6.04 Å². The minimum Gasteiger partial charge on any atom is -0.330 e. The van der Waals surface area contributed by atoms with Crippen LogP contribution >= 0.6 is 0 Å². The van der Waals surface area contributed by atoms with Gasteiger partial charge in [0.2, 0.25) is 0 Å². The number of aryl methyl sites for hydroxylation is 1. The van der Waals surface area contributed by atoms with Gasteiger partial charge in [0.05, 0.1) is 0 Å². The Morgan fingerprint density at radius 2 is 1.86 bits per heavy atom. The minimum absolute atomic E-state index is 0.0932. The van der Waals surface area contributed by atoms with E-state index in [1.165, 1.54) is 17.5 Å². The highest BCUT2D eigenvalue weighted by Gasteiger charge is 2.03. The first-order valence-corrected chi connectivity index (χ1v) is 5.32. The monoisotopic (exact) mass is 192 g/mol. The summed E-state index contributed by atoms with van der Waals surface area (Å²) in [5.74, 6) is 0. The van der Waals surface area contributed by atoms with E-state index in [-0.39, 0.29) is 6.04 Å². The first kappa shape index (κ1) is 11.2. The average Bonchev–Trinajstić information content (AvgIpc) is 2.20. The van der Waals surface area contributed by atoms with E-state index in [9.17, 15) is 0 Å². The van der Waals surface area contributed by atoms with Crippen molar-refractivity contribution in [3.8, 4) is 0 Å². The molecule has 78 valence electrons. The van der Waals surface area contributed by atoms with Gasteiger partial charge in [-0.25, -0.2) is 0 Å². The maximum absolute atomic E-state index is 5.95. The van der Waals surface area contributed by atoms with Gasteiger partial charge in [0.1, 0.15) is 0 Å². The summed E-state index contributed by atoms with van der Waals surface area (Å²) in [5, 5.41) is 0. The van der Waals surface area contributed by atoms with Crippen molar-refractivity contribution in [2.75, 3.05) is 6.54 Å². The Hall–Kier alpha value is -0.860. The van der Waals surface area contributed by atoms with Crippen LogP contribution in [-0.2, 0) is 6.42 Å². The van der Waals surface area contributed by atoms with Crippen molar-refractivity contribution in [3.63, 3.8) is 0 Å². The molecular formula is C12H20N2. The van der Waals surface area contributed by atoms with Gasteiger partial charge in [-0.15, -0.1) is 0 Å². The van der Waals surface area contributed by atoms with Crippen LogP contribution < -0.4 is 11.5 Å². The predicted molar refractivity (Wildman–Crippen MR) is 61.0 cm³/mol. The summed E-state index contributed by atoms with van der Waals surface area (Å²) in [5.41, 5.74) is 14.0. The van der Waals surface area contributed by atoms with Gasteiger partial charge in [-0.1, -0.05) is 37.6 Å². The maximum Gasteiger partial charge on any atom is 0.0306 e. The van der Waals surface area contributed by atoms with Crippen molar-refractivity contribution in [2.24, 2.45) is 11.5 Å². The maximum atomic E-state index is 5.95. The Kier molecular flexibility index (Phi) is 4.63. The smallest absolute Gasteiger partial charge is 0.0306 e. The van der Waals surface area contributed by atoms with Crippen LogP contribution in [0.15, 0.2) is 24.3 Å². The lowest BCUT2D eigenvalue weighted by Gasteiger charge is -2.10. The molecule has 14 heavy (non-hydrogen) atoms. The van der Waals surface area contributed by atoms with E-state index < -0.39 is 0 Å². The van der Waals surface area contributed by atoms with E-state index in [1.807, 2.05) is 0 Å². The summed E-state index contributed by atoms with van der Waals surface area (Å²) in [6.07, 6.45) is 3.19. The molecule has 1 unspecified atom stereocenters. The fourth-order valence-corrected chi connectivity index (χ4v) is 1.57. The third-order valence-electron chi connectivity index (χ3n) is 2.42. The number of benzene rings is 1. The zero-order chi connectivity index (χ0) is 10.4. The van der Waals surface area contributed by atoms with Gasteiger partial charge in [-0.3, -0.25) is 0 Å². The van der Waals surface area contributed by atoms with Crippen molar-refractivity contribution >= 4 is 0 Å². The molecular weight excluding hydrogens is 172 g/mol. The van der Waals surface area contributed by atoms with E-state index >= 15 is 0 Å². The SMILES string of the molecule is CCCc1ccc(C(N)CCN)cc1. The van der Waals surface area contributed by atoms with Gasteiger partial charge in [-0.2, -0.15) is 0 Å². The van der Waals surface area contributed by atoms with Crippen LogP contribution in [0.5, 0.6) is 0 Å². The van der Waals surface area contributed by atoms with Gasteiger partial charge >= 0.3 is 0 Å². The molecule has 0 heterocycles. The summed E-state index contributed by atoms with van der Waals surface area (Å²) >= 11 is 0. The Morgan fingerprint density at radius 1 is 1.21 bits per heavy atom. The standard InChI is InChI=1S/C12H20N2/c1-2-3-10-4-6-11(7-5-10)12(14)8-9-13/h4-7,12H,2-3,8-9,13-14H2,1H3. The largest absolute Gasteiger partial charge is 0.330 e. The van der Waals surface area contributed by atoms with Crippen LogP contribution in [0.1, 0.15) is 36.9 Å². The van der Waals surface area contributed by atoms with Crippen molar-refractivity contribution in [2.45, 2.75) is 32.2 Å². The second-order valence-electron chi connectivity index (χ2n) is 3.68. The van der Waals surface area contributed by atoms with Gasteiger partial charge in [0.25, 0.3) is 0 Å². The van der Waals surface area contributed by atoms with Crippen molar-refractivity contribution in [1.82, 2.24) is 0 Å². The number of hydrogen-bond donors (Lipinski definition) is 2. The number of nitrogens with two attached hydrogens (primary N) is 2. The molecule has 0 aliphatic rings. The molecule has 0 saturated carbocycles. The van der Waals surface area contributed by atoms with E-state index in [0.29, 0.717) is 6.54 Å². The molecule has 1 atom stereocenters. The van der Waals surface area contributed by atoms with E-state index in [0.717, 1.165) is 12.8 Å². The Bertz CT molecular complexity index is 254. The molecule has 1 rings (SSSR count). The molecule has 4 N–H and O–H groups in total. The van der Waals surface area contributed by atoms with Crippen LogP contribution in [-0.4, -0.2) is 6.54 Å². The molecule has 0 amide bonds. The molecule has 0 aliphatic carbocycles. The second kappa shape index (κ2) is 5.78. The minimum atomic E-state index is 0.0932. The van der Waals surface area contributed by atoms with E-state index in [4.69, 9.17) is 11.5 Å². The molecule has 0 aromatic heterocycles. The highest BCUT2D eigenvalue weighted by Crippen LogP contribution is 2.14. The average molecular weight is 192 g/mol. The zero-order valence-corrected chi connectivity index (χ0v) is 8.87. The lowest BCUT2D eigenvalue weighted by molar-refractivity contribution is 0.661. The topological polar surface area (TPSA) is 52.0 Å². The molecule has 0 aliphatic heterocycles. The van der Waals surface area contributed by atoms with E-state index in [1.54, 1.807) is 0 Å². The van der Waals surface area contributed by atoms with Crippen molar-refractivity contribution < 1.29 is 0 Å². The summed E-state index contributed by atoms with van der Waals surface area (Å²) in [7, 11) is 0. The molecule has 0 radical (unpaired) electrons. The normalized spacial score (nSPS) is 12.8. The van der Waals surface area contributed by atoms with E-state index in [2.05, 4.69) is 31.2 Å². The molecule has 1 aromatic carbocycles. The highest BCUT2D eigenvalue weighted by atomic mass is 14.7. The summed E-state index contributed by atoms with van der Waals surface area (Å²) in [6, 6.07) is 8.65. The third-order valence-corrected chi connectivity index (χ3v) is 2.42. The van der Waals surface area contributed by atoms with Crippen LogP contribution in [0, 0.1) is 0 Å². The number of rotatable bonds is 5. The lowest BCUT2D eigenvalue weighted by Crippen LogP contribution is -2.15. The Morgan fingerprint density at radius 3 is 2.36 bits per heavy atom. The summed E-state index contributed by atoms with van der Waals surface area (Å²) in [6.45, 7) is 2.84. The molecule has 0 bridgehead atoms. The summed E-state index contributed by atoms with van der Waals surface area (Å²) in [4.78, 5) is 0. The van der Waals surface area contributed by atoms with Crippen molar-refractivity contribution in [3.05, 3.63) is 35.4 Å². The highest BCUT2D eigenvalue weighted by molar-refractivity contribution is 5.24. The van der Waals surface area contributed by atoms with Gasteiger partial charge < -0.3 is 11.5 Å². The van der Waals surface area contributed by atoms with Crippen LogP contribution in [0.3, 0.4) is 0 Å². The Labute approximate surface area is 86.3 Å². The fourth-order valence-electron chi connectivity index (χ4n) is 1.57. The Balaban J connectivity index is 2.62. The molecule has 1 aromatic rings. The quantitative estimate of drug-likeness (QED) is 0.749. The fraction of sp³-hybridized carbons (Fsp3) is 0.500. The summed E-state index contributed by atoms with van der Waals surface area (Å²) < 4.78 is 0. The van der Waals surface area contributed by atoms with Gasteiger partial charge in [0.15, 0.2) is 0 Å². The third kappa shape index (κ3) is 3.13. The number of hydrogen-bond acceptors (Lipinski definition) is 2. The van der Waals surface area contributed by atoms with Crippen LogP contribution in [0.25, 0.3) is 0 Å². The molecule has 0 spiro atoms. The first-order valence-electron chi connectivity index (χ1n) is 5.32. The molecule has 2 nitrogen and oxygen atoms in total. The van der Waals surface area contributed by atoms with Crippen LogP contribution in [0.2, 0.25) is 0 Å². The zero-order valence-electron chi connectivity index (χ0n) is 8.87. The lowest BCUT2D eigenvalue weighted by atomic mass is 10.0. The van der Waals surface area contributed by atoms with Gasteiger partial charge in [-0.05, 0) is 30.5 Å². The predicted octanol–water partition coefficient (Wildman–Crippen LogP) is 1.99. The molecule has 2 heteroatoms.